The Morgan fingerprint density at radius 3 is 1.35 bits per heavy atom. The van der Waals surface area contributed by atoms with E-state index in [-0.39, 0.29) is 0 Å². The van der Waals surface area contributed by atoms with Crippen LogP contribution in [0, 0.1) is 0 Å². The number of aromatic nitrogens is 2. The van der Waals surface area contributed by atoms with Gasteiger partial charge in [-0.15, -0.1) is 0 Å². The fourth-order valence-corrected chi connectivity index (χ4v) is 9.05. The van der Waals surface area contributed by atoms with Crippen molar-refractivity contribution >= 4 is 65.6 Å². The Kier molecular flexibility index (Phi) is 6.93. The largest absolute Gasteiger partial charge is 0.456 e. The predicted molar refractivity (Wildman–Crippen MR) is 239 cm³/mol. The Hall–Kier alpha value is -7.62. The van der Waals surface area contributed by atoms with E-state index in [0.29, 0.717) is 0 Å². The van der Waals surface area contributed by atoms with Crippen LogP contribution in [-0.2, 0) is 0 Å². The van der Waals surface area contributed by atoms with Crippen LogP contribution in [0.2, 0.25) is 0 Å². The number of fused-ring (bicyclic) bond motifs is 9. The van der Waals surface area contributed by atoms with E-state index in [4.69, 9.17) is 4.42 Å². The number of rotatable bonds is 5. The van der Waals surface area contributed by atoms with Crippen molar-refractivity contribution in [1.29, 1.82) is 0 Å². The summed E-state index contributed by atoms with van der Waals surface area (Å²) in [6, 6.07) is 74.6. The first kappa shape index (κ1) is 31.7. The van der Waals surface area contributed by atoms with E-state index >= 15 is 0 Å². The number of nitrogens with zero attached hydrogens (tertiary/aromatic N) is 2. The lowest BCUT2D eigenvalue weighted by Gasteiger charge is -2.11. The fraction of sp³-hybridized carbons (Fsp3) is 0. The molecule has 3 heterocycles. The van der Waals surface area contributed by atoms with Gasteiger partial charge in [0.25, 0.3) is 0 Å². The Bertz CT molecular complexity index is 3470. The maximum atomic E-state index is 6.16. The van der Waals surface area contributed by atoms with E-state index in [9.17, 15) is 0 Å². The topological polar surface area (TPSA) is 23.0 Å². The van der Waals surface area contributed by atoms with Crippen LogP contribution in [0.1, 0.15) is 0 Å². The van der Waals surface area contributed by atoms with Crippen molar-refractivity contribution in [2.45, 2.75) is 0 Å². The van der Waals surface area contributed by atoms with E-state index in [2.05, 4.69) is 203 Å². The number of hydrogen-bond acceptors (Lipinski definition) is 1. The van der Waals surface area contributed by atoms with Gasteiger partial charge in [0.1, 0.15) is 11.2 Å². The molecule has 0 saturated heterocycles. The second kappa shape index (κ2) is 12.5. The molecule has 0 aliphatic heterocycles. The van der Waals surface area contributed by atoms with Crippen molar-refractivity contribution in [3.8, 4) is 44.8 Å². The summed E-state index contributed by atoms with van der Waals surface area (Å²) in [6.07, 6.45) is 0. The third kappa shape index (κ3) is 4.99. The number of para-hydroxylation sites is 4. The van der Waals surface area contributed by atoms with Gasteiger partial charge in [-0.1, -0.05) is 121 Å². The maximum absolute atomic E-state index is 6.16. The van der Waals surface area contributed by atoms with Gasteiger partial charge in [0, 0.05) is 43.7 Å². The summed E-state index contributed by atoms with van der Waals surface area (Å²) in [6.45, 7) is 0. The molecule has 3 aromatic heterocycles. The van der Waals surface area contributed by atoms with Gasteiger partial charge in [0.05, 0.1) is 22.1 Å². The molecule has 0 unspecified atom stereocenters. The molecule has 12 aromatic rings. The molecule has 9 aromatic carbocycles. The lowest BCUT2D eigenvalue weighted by molar-refractivity contribution is 0.669. The van der Waals surface area contributed by atoms with Crippen LogP contribution in [0.25, 0.3) is 110 Å². The molecule has 0 aliphatic carbocycles. The third-order valence-electron chi connectivity index (χ3n) is 11.7. The second-order valence-corrected chi connectivity index (χ2v) is 14.9. The highest BCUT2D eigenvalue weighted by Crippen LogP contribution is 2.40. The molecule has 0 saturated carbocycles. The molecule has 3 heteroatoms. The minimum Gasteiger partial charge on any atom is -0.456 e. The van der Waals surface area contributed by atoms with Crippen LogP contribution in [0.5, 0.6) is 0 Å². The zero-order chi connectivity index (χ0) is 37.5. The first-order valence-corrected chi connectivity index (χ1v) is 19.5. The normalized spacial score (nSPS) is 11.9. The summed E-state index contributed by atoms with van der Waals surface area (Å²) in [5.74, 6) is 0. The fourth-order valence-electron chi connectivity index (χ4n) is 9.05. The number of benzene rings is 9. The van der Waals surface area contributed by atoms with Gasteiger partial charge in [-0.2, -0.15) is 0 Å². The first-order valence-electron chi connectivity index (χ1n) is 19.5. The summed E-state index contributed by atoms with van der Waals surface area (Å²) >= 11 is 0. The summed E-state index contributed by atoms with van der Waals surface area (Å²) < 4.78 is 10.9. The second-order valence-electron chi connectivity index (χ2n) is 14.9. The molecule has 0 aliphatic rings. The third-order valence-corrected chi connectivity index (χ3v) is 11.7. The average Bonchev–Trinajstić information content (AvgIpc) is 3.94. The highest BCUT2D eigenvalue weighted by Gasteiger charge is 2.17. The molecule has 0 fully saturated rings. The predicted octanol–water partition coefficient (Wildman–Crippen LogP) is 14.8. The van der Waals surface area contributed by atoms with Gasteiger partial charge < -0.3 is 13.6 Å². The van der Waals surface area contributed by atoms with Crippen molar-refractivity contribution in [3.05, 3.63) is 206 Å². The molecule has 12 rings (SSSR count). The summed E-state index contributed by atoms with van der Waals surface area (Å²) in [4.78, 5) is 0. The molecule has 0 radical (unpaired) electrons. The van der Waals surface area contributed by atoms with E-state index in [0.717, 1.165) is 33.3 Å². The van der Waals surface area contributed by atoms with Gasteiger partial charge in [0.2, 0.25) is 0 Å². The molecule has 3 nitrogen and oxygen atoms in total. The molecular formula is C54H34N2O. The van der Waals surface area contributed by atoms with Crippen LogP contribution in [0.4, 0.5) is 0 Å². The van der Waals surface area contributed by atoms with Crippen molar-refractivity contribution in [2.24, 2.45) is 0 Å². The minimum absolute atomic E-state index is 0.909. The van der Waals surface area contributed by atoms with Gasteiger partial charge >= 0.3 is 0 Å². The Morgan fingerprint density at radius 1 is 0.246 bits per heavy atom. The molecule has 0 amide bonds. The van der Waals surface area contributed by atoms with Crippen LogP contribution in [-0.4, -0.2) is 9.13 Å². The van der Waals surface area contributed by atoms with Crippen LogP contribution < -0.4 is 0 Å². The maximum Gasteiger partial charge on any atom is 0.135 e. The van der Waals surface area contributed by atoms with E-state index in [1.54, 1.807) is 0 Å². The molecule has 0 atom stereocenters. The van der Waals surface area contributed by atoms with Crippen molar-refractivity contribution < 1.29 is 4.42 Å². The molecule has 57 heavy (non-hydrogen) atoms. The first-order chi connectivity index (χ1) is 28.2. The van der Waals surface area contributed by atoms with Gasteiger partial charge in [-0.05, 0) is 118 Å². The zero-order valence-electron chi connectivity index (χ0n) is 30.9. The summed E-state index contributed by atoms with van der Waals surface area (Å²) in [5.41, 5.74) is 16.0. The average molecular weight is 727 g/mol. The Balaban J connectivity index is 0.992. The van der Waals surface area contributed by atoms with Gasteiger partial charge in [-0.3, -0.25) is 0 Å². The minimum atomic E-state index is 0.909. The number of furan rings is 1. The lowest BCUT2D eigenvalue weighted by Crippen LogP contribution is -1.94. The Labute approximate surface area is 328 Å². The van der Waals surface area contributed by atoms with E-state index in [1.165, 1.54) is 77.0 Å². The SMILES string of the molecule is c1ccc(-n2c3ccc(-c4cccc(-c5cccc(-n6c7ccccc7c7ccccc76)c5)c4)cc3c3cc(-c4ccc5oc6ccccc6c5c4)ccc32)cc1. The van der Waals surface area contributed by atoms with E-state index < -0.39 is 0 Å². The molecule has 0 bridgehead atoms. The molecule has 0 N–H and O–H groups in total. The highest BCUT2D eigenvalue weighted by molar-refractivity contribution is 6.13. The summed E-state index contributed by atoms with van der Waals surface area (Å²) in [5, 5.41) is 7.26. The van der Waals surface area contributed by atoms with Gasteiger partial charge in [-0.25, -0.2) is 0 Å². The molecule has 0 spiro atoms. The monoisotopic (exact) mass is 726 g/mol. The number of hydrogen-bond donors (Lipinski definition) is 0. The lowest BCUT2D eigenvalue weighted by atomic mass is 9.97. The highest BCUT2D eigenvalue weighted by atomic mass is 16.3. The quantitative estimate of drug-likeness (QED) is 0.173. The summed E-state index contributed by atoms with van der Waals surface area (Å²) in [7, 11) is 0. The standard InChI is InChI=1S/C54H34N2O/c1-2-15-41(16-3-1)55-51-27-24-38(32-46(51)47-33-39(25-28-52(47)55)40-26-29-54-48(34-40)45-20-6-9-23-53(45)57-54)36-13-10-12-35(30-36)37-14-11-17-42(31-37)56-49-21-7-4-18-43(49)44-19-5-8-22-50(44)56/h1-34H. The van der Waals surface area contributed by atoms with Crippen molar-refractivity contribution in [2.75, 3.05) is 0 Å². The van der Waals surface area contributed by atoms with E-state index in [1.807, 2.05) is 12.1 Å². The zero-order valence-corrected chi connectivity index (χ0v) is 30.9. The molecular weight excluding hydrogens is 693 g/mol. The van der Waals surface area contributed by atoms with Crippen LogP contribution in [0.15, 0.2) is 211 Å². The van der Waals surface area contributed by atoms with Crippen molar-refractivity contribution in [3.63, 3.8) is 0 Å². The van der Waals surface area contributed by atoms with Gasteiger partial charge in [0.15, 0.2) is 0 Å². The van der Waals surface area contributed by atoms with Crippen molar-refractivity contribution in [1.82, 2.24) is 9.13 Å². The Morgan fingerprint density at radius 2 is 0.684 bits per heavy atom. The molecule has 266 valence electrons. The smallest absolute Gasteiger partial charge is 0.135 e. The van der Waals surface area contributed by atoms with Crippen LogP contribution >= 0.6 is 0 Å². The van der Waals surface area contributed by atoms with Crippen LogP contribution in [0.3, 0.4) is 0 Å².